The quantitative estimate of drug-likeness (QED) is 0.256. The molecule has 0 aliphatic carbocycles. The number of thioether (sulfide) groups is 1. The van der Waals surface area contributed by atoms with Crippen LogP contribution >= 0.6 is 50.6 Å². The first-order chi connectivity index (χ1) is 13.6. The van der Waals surface area contributed by atoms with E-state index in [4.69, 9.17) is 11.6 Å². The molecule has 140 valence electrons. The van der Waals surface area contributed by atoms with Gasteiger partial charge in [0, 0.05) is 26.1 Å². The van der Waals surface area contributed by atoms with Crippen LogP contribution in [-0.2, 0) is 4.79 Å². The molecule has 28 heavy (non-hydrogen) atoms. The minimum absolute atomic E-state index is 0.0977. The van der Waals surface area contributed by atoms with E-state index in [0.717, 1.165) is 30.8 Å². The maximum Gasteiger partial charge on any atom is 0.234 e. The van der Waals surface area contributed by atoms with Gasteiger partial charge in [0.05, 0.1) is 11.1 Å². The molecule has 2 aromatic heterocycles. The lowest BCUT2D eigenvalue weighted by atomic mass is 10.1. The fraction of sp³-hybridized carbons (Fsp3) is 0.0500. The maximum atomic E-state index is 12.3. The van der Waals surface area contributed by atoms with Gasteiger partial charge in [0.15, 0.2) is 0 Å². The Kier molecular flexibility index (Phi) is 5.96. The highest BCUT2D eigenvalue weighted by molar-refractivity contribution is 9.10. The summed E-state index contributed by atoms with van der Waals surface area (Å²) in [5.41, 5.74) is 2.89. The van der Waals surface area contributed by atoms with Crippen molar-refractivity contribution in [2.75, 3.05) is 11.1 Å². The number of aromatic nitrogens is 2. The van der Waals surface area contributed by atoms with E-state index in [9.17, 15) is 4.79 Å². The van der Waals surface area contributed by atoms with E-state index in [1.807, 2.05) is 12.1 Å². The molecule has 4 rings (SSSR count). The Hall–Kier alpha value is -1.93. The summed E-state index contributed by atoms with van der Waals surface area (Å²) >= 11 is 12.3. The van der Waals surface area contributed by atoms with Crippen LogP contribution in [-0.4, -0.2) is 21.6 Å². The number of halogens is 2. The van der Waals surface area contributed by atoms with E-state index < -0.39 is 0 Å². The lowest BCUT2D eigenvalue weighted by Crippen LogP contribution is -2.14. The highest BCUT2D eigenvalue weighted by Gasteiger charge is 2.15. The van der Waals surface area contributed by atoms with E-state index in [2.05, 4.69) is 48.7 Å². The van der Waals surface area contributed by atoms with Gasteiger partial charge in [-0.05, 0) is 42.0 Å². The van der Waals surface area contributed by atoms with E-state index in [-0.39, 0.29) is 11.7 Å². The van der Waals surface area contributed by atoms with Gasteiger partial charge in [-0.15, -0.1) is 11.3 Å². The van der Waals surface area contributed by atoms with E-state index in [1.54, 1.807) is 41.9 Å². The van der Waals surface area contributed by atoms with Crippen molar-refractivity contribution in [3.05, 3.63) is 69.7 Å². The molecule has 1 amide bonds. The molecule has 0 aliphatic heterocycles. The molecule has 0 radical (unpaired) electrons. The van der Waals surface area contributed by atoms with Crippen LogP contribution in [0.2, 0.25) is 5.02 Å². The van der Waals surface area contributed by atoms with Crippen molar-refractivity contribution in [2.24, 2.45) is 0 Å². The van der Waals surface area contributed by atoms with Crippen molar-refractivity contribution in [1.29, 1.82) is 0 Å². The van der Waals surface area contributed by atoms with E-state index in [1.165, 1.54) is 11.8 Å². The molecule has 0 aliphatic rings. The van der Waals surface area contributed by atoms with Crippen molar-refractivity contribution < 1.29 is 4.79 Å². The zero-order valence-electron chi connectivity index (χ0n) is 14.4. The second-order valence-corrected chi connectivity index (χ2v) is 9.03. The van der Waals surface area contributed by atoms with Gasteiger partial charge in [0.2, 0.25) is 5.91 Å². The molecule has 0 unspecified atom stereocenters. The highest BCUT2D eigenvalue weighted by Crippen LogP contribution is 2.38. The Labute approximate surface area is 183 Å². The number of carbonyl (C=O) groups excluding carboxylic acids is 1. The van der Waals surface area contributed by atoms with Gasteiger partial charge in [0.25, 0.3) is 0 Å². The van der Waals surface area contributed by atoms with Gasteiger partial charge < -0.3 is 5.32 Å². The average Bonchev–Trinajstić information content (AvgIpc) is 3.13. The second kappa shape index (κ2) is 8.61. The average molecular weight is 491 g/mol. The van der Waals surface area contributed by atoms with Crippen LogP contribution in [0.25, 0.3) is 21.3 Å². The number of thiophene rings is 1. The number of amides is 1. The summed E-state index contributed by atoms with van der Waals surface area (Å²) in [6, 6.07) is 15.2. The standard InChI is InChI=1S/C20H13BrClN3OS2/c21-13-3-1-12(2-4-13)16-9-27-19-18(16)20(24-11-23-19)28-10-17(26)25-15-7-5-14(22)6-8-15/h1-9,11H,10H2,(H,25,26). The van der Waals surface area contributed by atoms with Crippen LogP contribution < -0.4 is 5.32 Å². The number of anilines is 1. The van der Waals surface area contributed by atoms with Crippen LogP contribution in [0.3, 0.4) is 0 Å². The van der Waals surface area contributed by atoms with Crippen molar-refractivity contribution >= 4 is 72.4 Å². The van der Waals surface area contributed by atoms with Gasteiger partial charge in [0.1, 0.15) is 16.2 Å². The molecule has 8 heteroatoms. The Morgan fingerprint density at radius 3 is 2.61 bits per heavy atom. The third-order valence-corrected chi connectivity index (χ3v) is 6.62. The number of nitrogens with zero attached hydrogens (tertiary/aromatic N) is 2. The number of carbonyl (C=O) groups is 1. The van der Waals surface area contributed by atoms with E-state index in [0.29, 0.717) is 10.7 Å². The minimum atomic E-state index is -0.0977. The summed E-state index contributed by atoms with van der Waals surface area (Å²) in [5, 5.41) is 7.37. The zero-order chi connectivity index (χ0) is 19.5. The molecule has 0 fully saturated rings. The Bertz CT molecular complexity index is 1130. The fourth-order valence-corrected chi connectivity index (χ4v) is 4.85. The summed E-state index contributed by atoms with van der Waals surface area (Å²) in [6.45, 7) is 0. The lowest BCUT2D eigenvalue weighted by molar-refractivity contribution is -0.113. The van der Waals surface area contributed by atoms with Crippen LogP contribution in [0, 0.1) is 0 Å². The highest BCUT2D eigenvalue weighted by atomic mass is 79.9. The molecule has 0 atom stereocenters. The maximum absolute atomic E-state index is 12.3. The lowest BCUT2D eigenvalue weighted by Gasteiger charge is -2.07. The van der Waals surface area contributed by atoms with Crippen LogP contribution in [0.5, 0.6) is 0 Å². The third kappa shape index (κ3) is 4.38. The molecule has 4 aromatic rings. The predicted molar refractivity (Wildman–Crippen MR) is 121 cm³/mol. The summed E-state index contributed by atoms with van der Waals surface area (Å²) in [6.07, 6.45) is 1.55. The zero-order valence-corrected chi connectivity index (χ0v) is 18.3. The van der Waals surface area contributed by atoms with E-state index >= 15 is 0 Å². The van der Waals surface area contributed by atoms with Crippen molar-refractivity contribution in [3.8, 4) is 11.1 Å². The SMILES string of the molecule is O=C(CSc1ncnc2scc(-c3ccc(Br)cc3)c12)Nc1ccc(Cl)cc1. The summed E-state index contributed by atoms with van der Waals surface area (Å²) in [4.78, 5) is 22.0. The molecule has 0 bridgehead atoms. The largest absolute Gasteiger partial charge is 0.325 e. The molecule has 0 saturated heterocycles. The Balaban J connectivity index is 1.55. The normalized spacial score (nSPS) is 10.9. The van der Waals surface area contributed by atoms with Crippen LogP contribution in [0.4, 0.5) is 5.69 Å². The topological polar surface area (TPSA) is 54.9 Å². The summed E-state index contributed by atoms with van der Waals surface area (Å²) < 4.78 is 1.03. The minimum Gasteiger partial charge on any atom is -0.325 e. The first kappa shape index (κ1) is 19.4. The molecule has 2 heterocycles. The van der Waals surface area contributed by atoms with Gasteiger partial charge in [-0.1, -0.05) is 51.4 Å². The molecular weight excluding hydrogens is 478 g/mol. The first-order valence-electron chi connectivity index (χ1n) is 8.26. The molecule has 0 saturated carbocycles. The summed E-state index contributed by atoms with van der Waals surface area (Å²) in [7, 11) is 0. The van der Waals surface area contributed by atoms with Crippen molar-refractivity contribution in [1.82, 2.24) is 9.97 Å². The molecule has 0 spiro atoms. The van der Waals surface area contributed by atoms with Gasteiger partial charge in [-0.25, -0.2) is 9.97 Å². The predicted octanol–water partition coefficient (Wildman–Crippen LogP) is 6.51. The number of benzene rings is 2. The van der Waals surface area contributed by atoms with Gasteiger partial charge in [-0.2, -0.15) is 0 Å². The second-order valence-electron chi connectivity index (χ2n) is 5.86. The number of rotatable bonds is 5. The fourth-order valence-electron chi connectivity index (χ4n) is 2.66. The molecule has 4 nitrogen and oxygen atoms in total. The monoisotopic (exact) mass is 489 g/mol. The molecular formula is C20H13BrClN3OS2. The smallest absolute Gasteiger partial charge is 0.234 e. The first-order valence-corrected chi connectivity index (χ1v) is 11.3. The summed E-state index contributed by atoms with van der Waals surface area (Å²) in [5.74, 6) is 0.157. The van der Waals surface area contributed by atoms with Crippen LogP contribution in [0.1, 0.15) is 0 Å². The third-order valence-electron chi connectivity index (χ3n) is 3.96. The number of fused-ring (bicyclic) bond motifs is 1. The number of hydrogen-bond donors (Lipinski definition) is 1. The molecule has 2 aromatic carbocycles. The van der Waals surface area contributed by atoms with Crippen molar-refractivity contribution in [2.45, 2.75) is 5.03 Å². The Morgan fingerprint density at radius 2 is 1.86 bits per heavy atom. The number of hydrogen-bond acceptors (Lipinski definition) is 5. The number of nitrogens with one attached hydrogen (secondary N) is 1. The Morgan fingerprint density at radius 1 is 1.11 bits per heavy atom. The molecule has 1 N–H and O–H groups in total. The van der Waals surface area contributed by atoms with Gasteiger partial charge in [-0.3, -0.25) is 4.79 Å². The van der Waals surface area contributed by atoms with Crippen LogP contribution in [0.15, 0.2) is 69.7 Å². The van der Waals surface area contributed by atoms with Gasteiger partial charge >= 0.3 is 0 Å². The van der Waals surface area contributed by atoms with Crippen molar-refractivity contribution in [3.63, 3.8) is 0 Å².